The van der Waals surface area contributed by atoms with Crippen molar-refractivity contribution >= 4 is 53.7 Å². The molecule has 0 saturated carbocycles. The maximum atomic E-state index is 4.52. The second-order valence-corrected chi connectivity index (χ2v) is 6.18. The standard InChI is InChI=1S/C14H10Br2N2/c1-7-8(2)12-4-10(16)6-18-14(12)13-11(7)3-9(15)5-17-13/h3-6H,1-2H3. The number of rotatable bonds is 0. The maximum absolute atomic E-state index is 4.52. The second-order valence-electron chi connectivity index (χ2n) is 4.35. The van der Waals surface area contributed by atoms with E-state index < -0.39 is 0 Å². The molecule has 0 unspecified atom stereocenters. The fourth-order valence-corrected chi connectivity index (χ4v) is 2.89. The quantitative estimate of drug-likeness (QED) is 0.528. The Morgan fingerprint density at radius 2 is 1.17 bits per heavy atom. The molecule has 4 heteroatoms. The highest BCUT2D eigenvalue weighted by molar-refractivity contribution is 9.10. The molecule has 3 aromatic rings. The van der Waals surface area contributed by atoms with E-state index in [1.807, 2.05) is 12.4 Å². The Balaban J connectivity index is 2.62. The molecule has 2 nitrogen and oxygen atoms in total. The van der Waals surface area contributed by atoms with Crippen LogP contribution >= 0.6 is 31.9 Å². The molecule has 0 aliphatic rings. The van der Waals surface area contributed by atoms with Gasteiger partial charge in [0.05, 0.1) is 11.0 Å². The van der Waals surface area contributed by atoms with E-state index in [1.54, 1.807) is 0 Å². The molecule has 18 heavy (non-hydrogen) atoms. The molecule has 2 heterocycles. The minimum Gasteiger partial charge on any atom is -0.253 e. The molecular weight excluding hydrogens is 356 g/mol. The van der Waals surface area contributed by atoms with Crippen molar-refractivity contribution < 1.29 is 0 Å². The lowest BCUT2D eigenvalue weighted by molar-refractivity contribution is 1.31. The SMILES string of the molecule is Cc1c(C)c2cc(Br)cnc2c2ncc(Br)cc12. The monoisotopic (exact) mass is 364 g/mol. The summed E-state index contributed by atoms with van der Waals surface area (Å²) in [5.41, 5.74) is 4.44. The van der Waals surface area contributed by atoms with E-state index in [0.717, 1.165) is 30.8 Å². The molecule has 0 aliphatic heterocycles. The van der Waals surface area contributed by atoms with Crippen molar-refractivity contribution in [3.63, 3.8) is 0 Å². The summed E-state index contributed by atoms with van der Waals surface area (Å²) >= 11 is 6.95. The number of aromatic nitrogens is 2. The number of halogens is 2. The molecule has 0 spiro atoms. The van der Waals surface area contributed by atoms with Gasteiger partial charge in [-0.05, 0) is 69.0 Å². The van der Waals surface area contributed by atoms with Crippen molar-refractivity contribution in [1.82, 2.24) is 9.97 Å². The third-order valence-corrected chi connectivity index (χ3v) is 4.17. The van der Waals surface area contributed by atoms with E-state index in [9.17, 15) is 0 Å². The summed E-state index contributed by atoms with van der Waals surface area (Å²) in [5, 5.41) is 2.31. The van der Waals surface area contributed by atoms with E-state index in [-0.39, 0.29) is 0 Å². The van der Waals surface area contributed by atoms with E-state index in [2.05, 4.69) is 67.8 Å². The molecule has 90 valence electrons. The van der Waals surface area contributed by atoms with E-state index >= 15 is 0 Å². The Morgan fingerprint density at radius 1 is 0.778 bits per heavy atom. The van der Waals surface area contributed by atoms with Crippen LogP contribution in [0.3, 0.4) is 0 Å². The van der Waals surface area contributed by atoms with Gasteiger partial charge in [-0.25, -0.2) is 0 Å². The van der Waals surface area contributed by atoms with Crippen molar-refractivity contribution in [2.24, 2.45) is 0 Å². The first-order valence-corrected chi connectivity index (χ1v) is 7.16. The summed E-state index contributed by atoms with van der Waals surface area (Å²) in [7, 11) is 0. The molecule has 2 aromatic heterocycles. The average molecular weight is 366 g/mol. The topological polar surface area (TPSA) is 25.8 Å². The number of benzene rings is 1. The second kappa shape index (κ2) is 4.28. The molecule has 0 atom stereocenters. The van der Waals surface area contributed by atoms with Gasteiger partial charge >= 0.3 is 0 Å². The molecule has 0 radical (unpaired) electrons. The third-order valence-electron chi connectivity index (χ3n) is 3.30. The average Bonchev–Trinajstić information content (AvgIpc) is 2.36. The van der Waals surface area contributed by atoms with Crippen LogP contribution in [0.25, 0.3) is 21.8 Å². The lowest BCUT2D eigenvalue weighted by atomic mass is 9.99. The zero-order chi connectivity index (χ0) is 12.9. The molecular formula is C14H10Br2N2. The lowest BCUT2D eigenvalue weighted by Crippen LogP contribution is -1.92. The molecule has 1 aromatic carbocycles. The first-order chi connectivity index (χ1) is 8.58. The van der Waals surface area contributed by atoms with Crippen molar-refractivity contribution in [2.75, 3.05) is 0 Å². The van der Waals surface area contributed by atoms with Crippen molar-refractivity contribution in [3.05, 3.63) is 44.6 Å². The summed E-state index contributed by atoms with van der Waals surface area (Å²) in [6.45, 7) is 4.26. The number of nitrogens with zero attached hydrogens (tertiary/aromatic N) is 2. The van der Waals surface area contributed by atoms with Crippen LogP contribution in [0.1, 0.15) is 11.1 Å². The third kappa shape index (κ3) is 1.75. The van der Waals surface area contributed by atoms with Gasteiger partial charge in [0.1, 0.15) is 0 Å². The first kappa shape index (κ1) is 12.1. The number of hydrogen-bond donors (Lipinski definition) is 0. The minimum atomic E-state index is 0.962. The van der Waals surface area contributed by atoms with Gasteiger partial charge in [-0.15, -0.1) is 0 Å². The largest absolute Gasteiger partial charge is 0.253 e. The Hall–Kier alpha value is -1.000. The number of fused-ring (bicyclic) bond motifs is 3. The van der Waals surface area contributed by atoms with Gasteiger partial charge in [-0.1, -0.05) is 0 Å². The van der Waals surface area contributed by atoms with Gasteiger partial charge in [0.2, 0.25) is 0 Å². The Kier molecular flexibility index (Phi) is 2.87. The minimum absolute atomic E-state index is 0.962. The summed E-state index contributed by atoms with van der Waals surface area (Å²) < 4.78 is 1.99. The Bertz CT molecular complexity index is 715. The van der Waals surface area contributed by atoms with Crippen molar-refractivity contribution in [2.45, 2.75) is 13.8 Å². The fraction of sp³-hybridized carbons (Fsp3) is 0.143. The van der Waals surface area contributed by atoms with Gasteiger partial charge in [0.15, 0.2) is 0 Å². The van der Waals surface area contributed by atoms with Gasteiger partial charge < -0.3 is 0 Å². The molecule has 0 amide bonds. The highest BCUT2D eigenvalue weighted by Gasteiger charge is 2.11. The molecule has 0 bridgehead atoms. The lowest BCUT2D eigenvalue weighted by Gasteiger charge is -2.11. The summed E-state index contributed by atoms with van der Waals surface area (Å²) in [6.07, 6.45) is 3.64. The zero-order valence-electron chi connectivity index (χ0n) is 9.96. The Labute approximate surface area is 122 Å². The zero-order valence-corrected chi connectivity index (χ0v) is 13.1. The molecule has 0 fully saturated rings. The predicted octanol–water partition coefficient (Wildman–Crippen LogP) is 4.92. The van der Waals surface area contributed by atoms with Gasteiger partial charge in [0, 0.05) is 32.1 Å². The smallest absolute Gasteiger partial charge is 0.0968 e. The normalized spacial score (nSPS) is 11.3. The summed E-state index contributed by atoms with van der Waals surface area (Å²) in [4.78, 5) is 9.03. The van der Waals surface area contributed by atoms with Gasteiger partial charge in [-0.3, -0.25) is 9.97 Å². The van der Waals surface area contributed by atoms with E-state index in [4.69, 9.17) is 0 Å². The molecule has 3 rings (SSSR count). The van der Waals surface area contributed by atoms with E-state index in [0.29, 0.717) is 0 Å². The van der Waals surface area contributed by atoms with Crippen LogP contribution in [-0.2, 0) is 0 Å². The fourth-order valence-electron chi connectivity index (χ4n) is 2.23. The molecule has 0 saturated heterocycles. The number of pyridine rings is 2. The van der Waals surface area contributed by atoms with Crippen LogP contribution in [0.5, 0.6) is 0 Å². The van der Waals surface area contributed by atoms with Crippen molar-refractivity contribution in [1.29, 1.82) is 0 Å². The maximum Gasteiger partial charge on any atom is 0.0968 e. The number of aryl methyl sites for hydroxylation is 2. The molecule has 0 aliphatic carbocycles. The first-order valence-electron chi connectivity index (χ1n) is 5.57. The summed E-state index contributed by atoms with van der Waals surface area (Å²) in [5.74, 6) is 0. The molecule has 0 N–H and O–H groups in total. The number of hydrogen-bond acceptors (Lipinski definition) is 2. The van der Waals surface area contributed by atoms with Crippen LogP contribution in [0.15, 0.2) is 33.5 Å². The highest BCUT2D eigenvalue weighted by Crippen LogP contribution is 2.32. The predicted molar refractivity (Wildman–Crippen MR) is 81.9 cm³/mol. The summed E-state index contributed by atoms with van der Waals surface area (Å²) in [6, 6.07) is 4.21. The van der Waals surface area contributed by atoms with Crippen LogP contribution in [-0.4, -0.2) is 9.97 Å². The van der Waals surface area contributed by atoms with Crippen LogP contribution in [0.4, 0.5) is 0 Å². The van der Waals surface area contributed by atoms with Crippen LogP contribution in [0.2, 0.25) is 0 Å². The van der Waals surface area contributed by atoms with Crippen LogP contribution < -0.4 is 0 Å². The van der Waals surface area contributed by atoms with Gasteiger partial charge in [0.25, 0.3) is 0 Å². The van der Waals surface area contributed by atoms with Gasteiger partial charge in [-0.2, -0.15) is 0 Å². The van der Waals surface area contributed by atoms with Crippen LogP contribution in [0, 0.1) is 13.8 Å². The Morgan fingerprint density at radius 3 is 1.56 bits per heavy atom. The highest BCUT2D eigenvalue weighted by atomic mass is 79.9. The van der Waals surface area contributed by atoms with Crippen molar-refractivity contribution in [3.8, 4) is 0 Å². The van der Waals surface area contributed by atoms with E-state index in [1.165, 1.54) is 11.1 Å².